The molecule has 1 fully saturated rings. The van der Waals surface area contributed by atoms with Gasteiger partial charge in [0, 0.05) is 7.05 Å². The molecule has 94 valence electrons. The number of nitrogens with zero attached hydrogens (tertiary/aromatic N) is 3. The van der Waals surface area contributed by atoms with Gasteiger partial charge in [-0.05, 0) is 25.7 Å². The van der Waals surface area contributed by atoms with Gasteiger partial charge in [0.15, 0.2) is 5.82 Å². The smallest absolute Gasteiger partial charge is 0.306 e. The van der Waals surface area contributed by atoms with Crippen LogP contribution < -0.4 is 0 Å². The SMILES string of the molecule is Cn1ncnc1COC1CCC(C(=O)O)CC1. The Morgan fingerprint density at radius 2 is 2.24 bits per heavy atom. The zero-order valence-corrected chi connectivity index (χ0v) is 9.87. The number of hydrogen-bond donors (Lipinski definition) is 1. The van der Waals surface area contributed by atoms with Gasteiger partial charge in [-0.1, -0.05) is 0 Å². The first kappa shape index (κ1) is 12.0. The fourth-order valence-corrected chi connectivity index (χ4v) is 2.12. The Morgan fingerprint density at radius 1 is 1.53 bits per heavy atom. The van der Waals surface area contributed by atoms with Crippen molar-refractivity contribution in [1.29, 1.82) is 0 Å². The monoisotopic (exact) mass is 239 g/mol. The van der Waals surface area contributed by atoms with Gasteiger partial charge in [0.25, 0.3) is 0 Å². The Hall–Kier alpha value is -1.43. The Kier molecular flexibility index (Phi) is 3.73. The molecule has 1 aromatic heterocycles. The second-order valence-corrected chi connectivity index (χ2v) is 4.42. The van der Waals surface area contributed by atoms with Gasteiger partial charge < -0.3 is 9.84 Å². The zero-order chi connectivity index (χ0) is 12.3. The van der Waals surface area contributed by atoms with Crippen LogP contribution >= 0.6 is 0 Å². The number of aryl methyl sites for hydroxylation is 1. The molecular formula is C11H17N3O3. The van der Waals surface area contributed by atoms with Gasteiger partial charge in [0.05, 0.1) is 12.0 Å². The van der Waals surface area contributed by atoms with Crippen molar-refractivity contribution < 1.29 is 14.6 Å². The number of carbonyl (C=O) groups is 1. The number of carboxylic acids is 1. The summed E-state index contributed by atoms with van der Waals surface area (Å²) in [4.78, 5) is 14.9. The highest BCUT2D eigenvalue weighted by Gasteiger charge is 2.26. The highest BCUT2D eigenvalue weighted by molar-refractivity contribution is 5.70. The molecule has 0 aliphatic heterocycles. The fourth-order valence-electron chi connectivity index (χ4n) is 2.12. The highest BCUT2D eigenvalue weighted by Crippen LogP contribution is 2.26. The summed E-state index contributed by atoms with van der Waals surface area (Å²) in [7, 11) is 1.83. The molecule has 0 amide bonds. The van der Waals surface area contributed by atoms with Crippen LogP contribution in [0.4, 0.5) is 0 Å². The first-order chi connectivity index (χ1) is 8.16. The van der Waals surface area contributed by atoms with Crippen molar-refractivity contribution in [3.05, 3.63) is 12.2 Å². The van der Waals surface area contributed by atoms with Crippen LogP contribution in [0.5, 0.6) is 0 Å². The molecule has 0 unspecified atom stereocenters. The largest absolute Gasteiger partial charge is 0.481 e. The maximum atomic E-state index is 10.8. The summed E-state index contributed by atoms with van der Waals surface area (Å²) < 4.78 is 7.40. The Balaban J connectivity index is 1.75. The van der Waals surface area contributed by atoms with Crippen molar-refractivity contribution in [2.24, 2.45) is 13.0 Å². The van der Waals surface area contributed by atoms with Crippen molar-refractivity contribution in [2.75, 3.05) is 0 Å². The van der Waals surface area contributed by atoms with E-state index in [0.29, 0.717) is 19.4 Å². The predicted octanol–water partition coefficient (Wildman–Crippen LogP) is 0.975. The number of aromatic nitrogens is 3. The molecule has 1 saturated carbocycles. The summed E-state index contributed by atoms with van der Waals surface area (Å²) in [5.74, 6) is -0.0770. The van der Waals surface area contributed by atoms with E-state index in [1.54, 1.807) is 4.68 Å². The van der Waals surface area contributed by atoms with Crippen molar-refractivity contribution in [3.63, 3.8) is 0 Å². The molecule has 0 atom stereocenters. The normalized spacial score (nSPS) is 24.8. The molecule has 0 radical (unpaired) electrons. The third kappa shape index (κ3) is 3.03. The standard InChI is InChI=1S/C11H17N3O3/c1-14-10(12-7-13-14)6-17-9-4-2-8(3-5-9)11(15)16/h7-9H,2-6H2,1H3,(H,15,16). The third-order valence-electron chi connectivity index (χ3n) is 3.28. The van der Waals surface area contributed by atoms with Gasteiger partial charge in [-0.25, -0.2) is 4.98 Å². The molecule has 0 saturated heterocycles. The van der Waals surface area contributed by atoms with E-state index in [2.05, 4.69) is 10.1 Å². The van der Waals surface area contributed by atoms with Crippen molar-refractivity contribution in [1.82, 2.24) is 14.8 Å². The average molecular weight is 239 g/mol. The minimum Gasteiger partial charge on any atom is -0.481 e. The number of hydrogen-bond acceptors (Lipinski definition) is 4. The van der Waals surface area contributed by atoms with E-state index in [4.69, 9.17) is 9.84 Å². The molecule has 1 heterocycles. The zero-order valence-electron chi connectivity index (χ0n) is 9.87. The summed E-state index contributed by atoms with van der Waals surface area (Å²) in [5.41, 5.74) is 0. The van der Waals surface area contributed by atoms with Crippen molar-refractivity contribution in [3.8, 4) is 0 Å². The lowest BCUT2D eigenvalue weighted by Crippen LogP contribution is -2.26. The summed E-state index contributed by atoms with van der Waals surface area (Å²) in [5, 5.41) is 12.8. The molecule has 1 aliphatic rings. The Morgan fingerprint density at radius 3 is 2.76 bits per heavy atom. The molecule has 6 heteroatoms. The Labute approximate surface area is 99.6 Å². The molecule has 6 nitrogen and oxygen atoms in total. The number of rotatable bonds is 4. The van der Waals surface area contributed by atoms with Gasteiger partial charge in [0.2, 0.25) is 0 Å². The van der Waals surface area contributed by atoms with Gasteiger partial charge >= 0.3 is 5.97 Å². The van der Waals surface area contributed by atoms with E-state index in [0.717, 1.165) is 18.7 Å². The van der Waals surface area contributed by atoms with Crippen LogP contribution in [0.25, 0.3) is 0 Å². The molecule has 17 heavy (non-hydrogen) atoms. The maximum Gasteiger partial charge on any atom is 0.306 e. The van der Waals surface area contributed by atoms with Crippen molar-refractivity contribution >= 4 is 5.97 Å². The molecule has 1 aliphatic carbocycles. The van der Waals surface area contributed by atoms with Gasteiger partial charge in [-0.15, -0.1) is 0 Å². The average Bonchev–Trinajstić information content (AvgIpc) is 2.73. The van der Waals surface area contributed by atoms with Crippen LogP contribution in [0, 0.1) is 5.92 Å². The lowest BCUT2D eigenvalue weighted by molar-refractivity contribution is -0.143. The first-order valence-corrected chi connectivity index (χ1v) is 5.84. The summed E-state index contributed by atoms with van der Waals surface area (Å²) in [6.45, 7) is 0.443. The minimum atomic E-state index is -0.684. The van der Waals surface area contributed by atoms with E-state index in [9.17, 15) is 4.79 Å². The van der Waals surface area contributed by atoms with Crippen molar-refractivity contribution in [2.45, 2.75) is 38.4 Å². The molecular weight excluding hydrogens is 222 g/mol. The lowest BCUT2D eigenvalue weighted by atomic mass is 9.87. The van der Waals surface area contributed by atoms with E-state index < -0.39 is 5.97 Å². The number of carboxylic acid groups (broad SMARTS) is 1. The molecule has 0 spiro atoms. The third-order valence-corrected chi connectivity index (χ3v) is 3.28. The molecule has 1 aromatic rings. The van der Waals surface area contributed by atoms with Crippen LogP contribution in [0.1, 0.15) is 31.5 Å². The summed E-state index contributed by atoms with van der Waals surface area (Å²) in [6.07, 6.45) is 4.70. The number of aliphatic carboxylic acids is 1. The highest BCUT2D eigenvalue weighted by atomic mass is 16.5. The van der Waals surface area contributed by atoms with E-state index in [1.807, 2.05) is 7.05 Å². The number of ether oxygens (including phenoxy) is 1. The molecule has 2 rings (SSSR count). The summed E-state index contributed by atoms with van der Waals surface area (Å²) >= 11 is 0. The topological polar surface area (TPSA) is 77.2 Å². The van der Waals surface area contributed by atoms with E-state index in [-0.39, 0.29) is 12.0 Å². The van der Waals surface area contributed by atoms with Gasteiger partial charge in [-0.2, -0.15) is 5.10 Å². The minimum absolute atomic E-state index is 0.155. The molecule has 0 aromatic carbocycles. The van der Waals surface area contributed by atoms with Crippen LogP contribution in [-0.2, 0) is 23.2 Å². The second kappa shape index (κ2) is 5.27. The Bertz CT molecular complexity index is 383. The maximum absolute atomic E-state index is 10.8. The van der Waals surface area contributed by atoms with E-state index in [1.165, 1.54) is 6.33 Å². The first-order valence-electron chi connectivity index (χ1n) is 5.84. The fraction of sp³-hybridized carbons (Fsp3) is 0.727. The lowest BCUT2D eigenvalue weighted by Gasteiger charge is -2.25. The second-order valence-electron chi connectivity index (χ2n) is 4.42. The van der Waals surface area contributed by atoms with Crippen LogP contribution in [-0.4, -0.2) is 31.9 Å². The van der Waals surface area contributed by atoms with Crippen LogP contribution in [0.15, 0.2) is 6.33 Å². The van der Waals surface area contributed by atoms with Crippen LogP contribution in [0.3, 0.4) is 0 Å². The molecule has 0 bridgehead atoms. The van der Waals surface area contributed by atoms with E-state index >= 15 is 0 Å². The summed E-state index contributed by atoms with van der Waals surface area (Å²) in [6, 6.07) is 0. The van der Waals surface area contributed by atoms with Gasteiger partial charge in [0.1, 0.15) is 12.9 Å². The molecule has 1 N–H and O–H groups in total. The quantitative estimate of drug-likeness (QED) is 0.847. The van der Waals surface area contributed by atoms with Crippen LogP contribution in [0.2, 0.25) is 0 Å². The predicted molar refractivity (Wildman–Crippen MR) is 59.2 cm³/mol. The van der Waals surface area contributed by atoms with Gasteiger partial charge in [-0.3, -0.25) is 9.48 Å².